The summed E-state index contributed by atoms with van der Waals surface area (Å²) in [6.07, 6.45) is -4.44. The molecule has 0 bridgehead atoms. The largest absolute Gasteiger partial charge is 0.416 e. The summed E-state index contributed by atoms with van der Waals surface area (Å²) >= 11 is 1.08. The van der Waals surface area contributed by atoms with Crippen molar-refractivity contribution >= 4 is 55.5 Å². The Morgan fingerprint density at radius 1 is 1.17 bits per heavy atom. The van der Waals surface area contributed by atoms with E-state index in [1.807, 2.05) is 0 Å². The van der Waals surface area contributed by atoms with E-state index in [2.05, 4.69) is 20.6 Å². The minimum absolute atomic E-state index is 0.174. The zero-order valence-corrected chi connectivity index (χ0v) is 19.8. The quantitative estimate of drug-likeness (QED) is 0.374. The molecule has 1 unspecified atom stereocenters. The van der Waals surface area contributed by atoms with E-state index in [0.717, 1.165) is 29.0 Å². The first-order valence-corrected chi connectivity index (χ1v) is 11.9. The first-order valence-electron chi connectivity index (χ1n) is 11.0. The molecular weight excluding hydrogens is 497 g/mol. The number of halogens is 3. The van der Waals surface area contributed by atoms with Crippen molar-refractivity contribution in [3.05, 3.63) is 47.5 Å². The SMILES string of the molecule is Cn1c(Nc2nc3ccc(C(F)(F)F)cc3s2)nc2cc(C(=O)NCC(=O)N3CCC(O)C3)ccc21. The van der Waals surface area contributed by atoms with E-state index in [0.29, 0.717) is 45.3 Å². The Morgan fingerprint density at radius 2 is 1.97 bits per heavy atom. The van der Waals surface area contributed by atoms with Crippen molar-refractivity contribution in [1.82, 2.24) is 24.8 Å². The van der Waals surface area contributed by atoms with Gasteiger partial charge in [-0.3, -0.25) is 9.59 Å². The van der Waals surface area contributed by atoms with E-state index in [1.165, 1.54) is 11.0 Å². The normalized spacial score (nSPS) is 16.1. The average molecular weight is 519 g/mol. The molecule has 13 heteroatoms. The molecule has 1 aliphatic heterocycles. The molecule has 2 aromatic heterocycles. The Hall–Kier alpha value is -3.71. The Bertz CT molecular complexity index is 1480. The molecule has 0 saturated carbocycles. The van der Waals surface area contributed by atoms with Crippen molar-refractivity contribution < 1.29 is 27.9 Å². The van der Waals surface area contributed by atoms with Gasteiger partial charge in [-0.2, -0.15) is 13.2 Å². The first kappa shape index (κ1) is 24.0. The molecule has 2 amide bonds. The van der Waals surface area contributed by atoms with Crippen LogP contribution >= 0.6 is 11.3 Å². The van der Waals surface area contributed by atoms with Gasteiger partial charge >= 0.3 is 6.18 Å². The maximum atomic E-state index is 13.0. The lowest BCUT2D eigenvalue weighted by Gasteiger charge is -2.15. The van der Waals surface area contributed by atoms with Gasteiger partial charge in [0.1, 0.15) is 0 Å². The maximum absolute atomic E-state index is 13.0. The van der Waals surface area contributed by atoms with Crippen LogP contribution in [0.25, 0.3) is 21.3 Å². The molecule has 0 radical (unpaired) electrons. The van der Waals surface area contributed by atoms with Crippen LogP contribution in [0.4, 0.5) is 24.3 Å². The highest BCUT2D eigenvalue weighted by Gasteiger charge is 2.31. The highest BCUT2D eigenvalue weighted by molar-refractivity contribution is 7.22. The lowest BCUT2D eigenvalue weighted by atomic mass is 10.2. The molecule has 3 N–H and O–H groups in total. The number of nitrogens with one attached hydrogen (secondary N) is 2. The van der Waals surface area contributed by atoms with Crippen molar-refractivity contribution in [2.24, 2.45) is 7.05 Å². The number of carbonyl (C=O) groups excluding carboxylic acids is 2. The fourth-order valence-electron chi connectivity index (χ4n) is 4.04. The van der Waals surface area contributed by atoms with Gasteiger partial charge in [0.05, 0.1) is 39.5 Å². The van der Waals surface area contributed by atoms with E-state index >= 15 is 0 Å². The number of rotatable bonds is 5. The number of aliphatic hydroxyl groups is 1. The first-order chi connectivity index (χ1) is 17.1. The van der Waals surface area contributed by atoms with Crippen molar-refractivity contribution in [1.29, 1.82) is 0 Å². The number of hydrogen-bond acceptors (Lipinski definition) is 7. The van der Waals surface area contributed by atoms with Crippen molar-refractivity contribution in [2.75, 3.05) is 25.0 Å². The number of likely N-dealkylation sites (tertiary alicyclic amines) is 1. The molecular formula is C23H21F3N6O3S. The average Bonchev–Trinajstić information content (AvgIpc) is 3.53. The van der Waals surface area contributed by atoms with Gasteiger partial charge in [0.25, 0.3) is 5.91 Å². The van der Waals surface area contributed by atoms with E-state index in [9.17, 15) is 27.9 Å². The summed E-state index contributed by atoms with van der Waals surface area (Å²) in [5.41, 5.74) is 1.25. The molecule has 0 spiro atoms. The second-order valence-electron chi connectivity index (χ2n) is 8.49. The van der Waals surface area contributed by atoms with Crippen LogP contribution in [0.3, 0.4) is 0 Å². The zero-order valence-electron chi connectivity index (χ0n) is 19.0. The van der Waals surface area contributed by atoms with Crippen LogP contribution in [0.2, 0.25) is 0 Å². The number of imidazole rings is 1. The number of aliphatic hydroxyl groups excluding tert-OH is 1. The fourth-order valence-corrected chi connectivity index (χ4v) is 4.94. The summed E-state index contributed by atoms with van der Waals surface area (Å²) in [4.78, 5) is 35.1. The molecule has 5 rings (SSSR count). The lowest BCUT2D eigenvalue weighted by molar-refractivity contribution is -0.137. The number of amides is 2. The van der Waals surface area contributed by atoms with Gasteiger partial charge in [0.2, 0.25) is 11.9 Å². The summed E-state index contributed by atoms with van der Waals surface area (Å²) in [7, 11) is 1.76. The summed E-state index contributed by atoms with van der Waals surface area (Å²) < 4.78 is 41.1. The molecule has 2 aromatic carbocycles. The molecule has 4 aromatic rings. The monoisotopic (exact) mass is 518 g/mol. The number of hydrogen-bond donors (Lipinski definition) is 3. The molecule has 3 heterocycles. The summed E-state index contributed by atoms with van der Waals surface area (Å²) in [5.74, 6) is -0.291. The number of alkyl halides is 3. The van der Waals surface area contributed by atoms with Crippen LogP contribution in [-0.2, 0) is 18.0 Å². The third kappa shape index (κ3) is 4.71. The predicted octanol–water partition coefficient (Wildman–Crippen LogP) is 3.27. The number of aryl methyl sites for hydroxylation is 1. The second-order valence-corrected chi connectivity index (χ2v) is 9.52. The Morgan fingerprint density at radius 3 is 2.69 bits per heavy atom. The highest BCUT2D eigenvalue weighted by Crippen LogP contribution is 2.35. The number of thiazole rings is 1. The molecule has 1 saturated heterocycles. The van der Waals surface area contributed by atoms with E-state index < -0.39 is 23.8 Å². The lowest BCUT2D eigenvalue weighted by Crippen LogP contribution is -2.39. The highest BCUT2D eigenvalue weighted by atomic mass is 32.1. The van der Waals surface area contributed by atoms with Gasteiger partial charge in [-0.15, -0.1) is 0 Å². The van der Waals surface area contributed by atoms with Crippen LogP contribution in [0, 0.1) is 0 Å². The third-order valence-electron chi connectivity index (χ3n) is 5.99. The summed E-state index contributed by atoms with van der Waals surface area (Å²) in [6.45, 7) is 0.554. The number of benzene rings is 2. The minimum Gasteiger partial charge on any atom is -0.391 e. The van der Waals surface area contributed by atoms with Crippen molar-refractivity contribution in [3.8, 4) is 0 Å². The van der Waals surface area contributed by atoms with Gasteiger partial charge in [0, 0.05) is 25.7 Å². The number of aromatic nitrogens is 3. The van der Waals surface area contributed by atoms with Gasteiger partial charge in [-0.25, -0.2) is 9.97 Å². The number of β-amino-alcohol motifs (C(OH)–C–C–N with tert-alkyl or cyclic N) is 1. The van der Waals surface area contributed by atoms with E-state index in [1.54, 1.807) is 29.8 Å². The predicted molar refractivity (Wildman–Crippen MR) is 128 cm³/mol. The van der Waals surface area contributed by atoms with Gasteiger partial charge in [0.15, 0.2) is 5.13 Å². The van der Waals surface area contributed by atoms with Crippen molar-refractivity contribution in [3.63, 3.8) is 0 Å². The Balaban J connectivity index is 1.31. The number of anilines is 2. The smallest absolute Gasteiger partial charge is 0.391 e. The van der Waals surface area contributed by atoms with Gasteiger partial charge < -0.3 is 25.2 Å². The van der Waals surface area contributed by atoms with Crippen LogP contribution < -0.4 is 10.6 Å². The Labute approximate surface area is 206 Å². The van der Waals surface area contributed by atoms with Crippen LogP contribution in [0.1, 0.15) is 22.3 Å². The summed E-state index contributed by atoms with van der Waals surface area (Å²) in [6, 6.07) is 8.31. The Kier molecular flexibility index (Phi) is 6.04. The van der Waals surface area contributed by atoms with Gasteiger partial charge in [-0.1, -0.05) is 11.3 Å². The topological polar surface area (TPSA) is 112 Å². The summed E-state index contributed by atoms with van der Waals surface area (Å²) in [5, 5.41) is 15.6. The van der Waals surface area contributed by atoms with Crippen molar-refractivity contribution in [2.45, 2.75) is 18.7 Å². The van der Waals surface area contributed by atoms with E-state index in [4.69, 9.17) is 0 Å². The van der Waals surface area contributed by atoms with Crippen LogP contribution in [-0.4, -0.2) is 62.1 Å². The maximum Gasteiger partial charge on any atom is 0.416 e. The molecule has 1 fully saturated rings. The molecule has 1 atom stereocenters. The molecule has 1 aliphatic rings. The fraction of sp³-hybridized carbons (Fsp3) is 0.304. The minimum atomic E-state index is -4.43. The zero-order chi connectivity index (χ0) is 25.6. The van der Waals surface area contributed by atoms with E-state index in [-0.39, 0.29) is 19.0 Å². The number of fused-ring (bicyclic) bond motifs is 2. The number of nitrogens with zero attached hydrogens (tertiary/aromatic N) is 4. The third-order valence-corrected chi connectivity index (χ3v) is 6.93. The van der Waals surface area contributed by atoms with Gasteiger partial charge in [-0.05, 0) is 42.8 Å². The molecule has 36 heavy (non-hydrogen) atoms. The molecule has 9 nitrogen and oxygen atoms in total. The van der Waals surface area contributed by atoms with Crippen LogP contribution in [0.15, 0.2) is 36.4 Å². The second kappa shape index (κ2) is 9.06. The number of carbonyl (C=O) groups is 2. The molecule has 188 valence electrons. The van der Waals surface area contributed by atoms with Crippen LogP contribution in [0.5, 0.6) is 0 Å². The standard InChI is InChI=1S/C23H21F3N6O3S/c1-31-17-5-2-12(20(35)27-10-19(34)32-7-6-14(33)11-32)8-16(17)28-21(31)30-22-29-15-4-3-13(23(24,25)26)9-18(15)36-22/h2-5,8-9,14,33H,6-7,10-11H2,1H3,(H,27,35)(H,28,29,30). The molecule has 0 aliphatic carbocycles.